The molecule has 9 saturated heterocycles. The van der Waals surface area contributed by atoms with Gasteiger partial charge in [-0.05, 0) is 6.92 Å². The number of ether oxygens (including phenoxy) is 17. The van der Waals surface area contributed by atoms with E-state index in [1.807, 2.05) is 0 Å². The third-order valence-corrected chi connectivity index (χ3v) is 20.5. The molecule has 0 aromatic heterocycles. The molecule has 24 N–H and O–H groups in total. The highest BCUT2D eigenvalue weighted by molar-refractivity contribution is 5.02. The minimum atomic E-state index is -2.32. The van der Waals surface area contributed by atoms with Crippen molar-refractivity contribution in [1.82, 2.24) is 0 Å². The molecule has 0 amide bonds. The lowest BCUT2D eigenvalue weighted by Crippen LogP contribution is -2.68. The van der Waals surface area contributed by atoms with Gasteiger partial charge < -0.3 is 203 Å². The van der Waals surface area contributed by atoms with Crippen LogP contribution < -0.4 is 0 Å². The predicted octanol–water partition coefficient (Wildman–Crippen LogP) is -14.5. The largest absolute Gasteiger partial charge is 0.394 e. The molecule has 0 bridgehead atoms. The average Bonchev–Trinajstić information content (AvgIpc) is 0.775. The molecule has 18 unspecified atom stereocenters. The summed E-state index contributed by atoms with van der Waals surface area (Å²) >= 11 is 0. The normalized spacial score (nSPS) is 53.7. The first-order valence-electron chi connectivity index (χ1n) is 33.3. The SMILES string of the molecule is CC1C(O)[C@H](O[C@@H]2OC(CO)[C@H](O)C(O)[C@@H]2O)[C@H](CO)O[C@H]1O[C@@H]1C(O)[C@H](O)C(CO)O[C@@H]1OCC1O[C@@H](O[C@@H]2C(CO)O[C@@H](O[C@@H]3C(CO)O[C@@H](C)[C@@H](C)C3O)C(C)[C@H]2O)[C@H](O)C(O[C@H]2O[C@H](CO)[C@@H](O)C(O)C2O[C@@H]2OC(CO)[C@@H](O[C@@H]3OC(CO)[C@H](O)C(O)[C@@H]3O)C(O)[C@@H]2C)[C@@H]1O. The summed E-state index contributed by atoms with van der Waals surface area (Å²) in [5, 5.41) is 263. The van der Waals surface area contributed by atoms with Crippen molar-refractivity contribution in [3.05, 3.63) is 0 Å². The molecule has 9 rings (SSSR count). The zero-order valence-corrected chi connectivity index (χ0v) is 55.0. The summed E-state index contributed by atoms with van der Waals surface area (Å²) in [6.07, 6.45) is -72.7. The first-order valence-corrected chi connectivity index (χ1v) is 33.3. The number of hydrogen-bond donors (Lipinski definition) is 24. The summed E-state index contributed by atoms with van der Waals surface area (Å²) in [6, 6.07) is 0. The molecule has 0 aliphatic carbocycles. The molecule has 41 heteroatoms. The molecular formula is C59H102O41. The van der Waals surface area contributed by atoms with Gasteiger partial charge >= 0.3 is 0 Å². The van der Waals surface area contributed by atoms with E-state index in [0.717, 1.165) is 0 Å². The minimum Gasteiger partial charge on any atom is -0.394 e. The smallest absolute Gasteiger partial charge is 0.187 e. The Morgan fingerprint density at radius 2 is 0.460 bits per heavy atom. The van der Waals surface area contributed by atoms with Gasteiger partial charge in [0.05, 0.1) is 90.0 Å². The van der Waals surface area contributed by atoms with Crippen LogP contribution in [-0.2, 0) is 80.5 Å². The fraction of sp³-hybridized carbons (Fsp3) is 1.00. The van der Waals surface area contributed by atoms with Crippen LogP contribution in [0, 0.1) is 23.7 Å². The Labute approximate surface area is 571 Å². The molecule has 584 valence electrons. The van der Waals surface area contributed by atoms with Crippen LogP contribution >= 0.6 is 0 Å². The van der Waals surface area contributed by atoms with Crippen LogP contribution in [0.1, 0.15) is 34.6 Å². The van der Waals surface area contributed by atoms with Gasteiger partial charge in [0.1, 0.15) is 171 Å². The fourth-order valence-electron chi connectivity index (χ4n) is 13.8. The van der Waals surface area contributed by atoms with Gasteiger partial charge in [0.15, 0.2) is 50.3 Å². The van der Waals surface area contributed by atoms with E-state index < -0.39 is 335 Å². The lowest BCUT2D eigenvalue weighted by Gasteiger charge is -2.51. The number of aliphatic hydroxyl groups excluding tert-OH is 24. The monoisotopic (exact) mass is 1470 g/mol. The quantitative estimate of drug-likeness (QED) is 0.0404. The Balaban J connectivity index is 0.986. The van der Waals surface area contributed by atoms with Gasteiger partial charge in [0.2, 0.25) is 0 Å². The molecule has 100 heavy (non-hydrogen) atoms. The van der Waals surface area contributed by atoms with E-state index in [9.17, 15) is 123 Å². The molecular weight excluding hydrogens is 1360 g/mol. The average molecular weight is 1470 g/mol. The van der Waals surface area contributed by atoms with Crippen molar-refractivity contribution in [3.8, 4) is 0 Å². The topological polar surface area (TPSA) is 642 Å². The minimum absolute atomic E-state index is 0.522. The van der Waals surface area contributed by atoms with E-state index in [1.54, 1.807) is 13.8 Å². The second-order valence-corrected chi connectivity index (χ2v) is 27.0. The number of rotatable bonds is 25. The van der Waals surface area contributed by atoms with Crippen molar-refractivity contribution in [1.29, 1.82) is 0 Å². The first-order chi connectivity index (χ1) is 47.4. The molecule has 9 aliphatic heterocycles. The highest BCUT2D eigenvalue weighted by Gasteiger charge is 2.60. The van der Waals surface area contributed by atoms with Gasteiger partial charge in [0.25, 0.3) is 0 Å². The van der Waals surface area contributed by atoms with Crippen molar-refractivity contribution in [2.24, 2.45) is 23.7 Å². The Bertz CT molecular complexity index is 2450. The van der Waals surface area contributed by atoms with Gasteiger partial charge in [0, 0.05) is 23.7 Å². The molecule has 0 saturated carbocycles. The third kappa shape index (κ3) is 17.0. The Morgan fingerprint density at radius 3 is 0.830 bits per heavy atom. The first kappa shape index (κ1) is 82.4. The van der Waals surface area contributed by atoms with Crippen LogP contribution in [0.5, 0.6) is 0 Å². The predicted molar refractivity (Wildman–Crippen MR) is 313 cm³/mol. The van der Waals surface area contributed by atoms with Crippen molar-refractivity contribution in [3.63, 3.8) is 0 Å². The van der Waals surface area contributed by atoms with E-state index in [1.165, 1.54) is 20.8 Å². The summed E-state index contributed by atoms with van der Waals surface area (Å²) in [4.78, 5) is 0. The van der Waals surface area contributed by atoms with Crippen molar-refractivity contribution in [2.45, 2.75) is 286 Å². The molecule has 0 radical (unpaired) electrons. The van der Waals surface area contributed by atoms with Crippen LogP contribution in [0.3, 0.4) is 0 Å². The highest BCUT2D eigenvalue weighted by Crippen LogP contribution is 2.42. The molecule has 0 aromatic rings. The van der Waals surface area contributed by atoms with Gasteiger partial charge in [-0.2, -0.15) is 0 Å². The lowest BCUT2D eigenvalue weighted by molar-refractivity contribution is -0.402. The summed E-state index contributed by atoms with van der Waals surface area (Å²) in [6.45, 7) is -0.769. The zero-order chi connectivity index (χ0) is 73.4. The van der Waals surface area contributed by atoms with E-state index in [0.29, 0.717) is 0 Å². The van der Waals surface area contributed by atoms with Gasteiger partial charge in [-0.3, -0.25) is 0 Å². The van der Waals surface area contributed by atoms with Crippen molar-refractivity contribution in [2.75, 3.05) is 59.5 Å². The van der Waals surface area contributed by atoms with E-state index >= 15 is 0 Å². The van der Waals surface area contributed by atoms with E-state index in [-0.39, 0.29) is 0 Å². The molecule has 0 aromatic carbocycles. The van der Waals surface area contributed by atoms with Crippen LogP contribution in [0.15, 0.2) is 0 Å². The van der Waals surface area contributed by atoms with Crippen LogP contribution in [0.4, 0.5) is 0 Å². The maximum Gasteiger partial charge on any atom is 0.187 e. The molecule has 0 spiro atoms. The maximum atomic E-state index is 12.5. The Kier molecular flexibility index (Phi) is 29.3. The second-order valence-electron chi connectivity index (χ2n) is 27.0. The van der Waals surface area contributed by atoms with E-state index in [4.69, 9.17) is 80.5 Å². The van der Waals surface area contributed by atoms with Crippen LogP contribution in [-0.4, -0.2) is 434 Å². The summed E-state index contributed by atoms with van der Waals surface area (Å²) in [7, 11) is 0. The number of aliphatic hydroxyl groups is 24. The Hall–Kier alpha value is -1.64. The van der Waals surface area contributed by atoms with Gasteiger partial charge in [-0.25, -0.2) is 0 Å². The van der Waals surface area contributed by atoms with Crippen molar-refractivity contribution < 1.29 is 203 Å². The standard InChI is InChI=1S/C59H102O41/c1-15-19(5)85-24(10-64)45(29(15)68)94-52-16(2)30(69)48(27(13-67)90-52)97-57-44(83)49(98-59-51(41(80)36(75)23(9-63)89-59)100-54-18(4)32(71)47(26(12-66)92-54)96-56-43(82)39(78)34(73)21(7-61)87-56)37(76)28(93-57)14-84-58-50(40(79)35(74)22(8-62)88-58)99-53-17(3)31(70)46(25(11-65)91-53)95-55-42(81)38(77)33(72)20(6-60)86-55/h15-83H,6-14H2,1-5H3/t15-,16?,17?,18+,19+,20?,21?,22?,23-,24?,25+,26?,27?,28?,29?,30-,31?,32?,33+,34+,35-,36-,37-,38?,39?,40?,41?,42+,43+,44-,45-,46-,47-,48-,49?,50-,51?,52+,53+,54+,55+,56+,57+,58+,59-/m1/s1. The van der Waals surface area contributed by atoms with Gasteiger partial charge in [-0.15, -0.1) is 0 Å². The van der Waals surface area contributed by atoms with Crippen LogP contribution in [0.2, 0.25) is 0 Å². The summed E-state index contributed by atoms with van der Waals surface area (Å²) in [5.74, 6) is -4.27. The maximum absolute atomic E-state index is 12.5. The second kappa shape index (κ2) is 35.6. The van der Waals surface area contributed by atoms with Gasteiger partial charge in [-0.1, -0.05) is 27.7 Å². The number of hydrogen-bond acceptors (Lipinski definition) is 41. The summed E-state index contributed by atoms with van der Waals surface area (Å²) in [5.41, 5.74) is 0. The zero-order valence-electron chi connectivity index (χ0n) is 55.0. The fourth-order valence-corrected chi connectivity index (χ4v) is 13.8. The molecule has 9 aliphatic rings. The molecule has 41 nitrogen and oxygen atoms in total. The lowest BCUT2D eigenvalue weighted by atomic mass is 9.88. The molecule has 9 fully saturated rings. The molecule has 45 atom stereocenters. The Morgan fingerprint density at radius 1 is 0.200 bits per heavy atom. The summed E-state index contributed by atoms with van der Waals surface area (Å²) < 4.78 is 102. The molecule has 9 heterocycles. The van der Waals surface area contributed by atoms with E-state index in [2.05, 4.69) is 0 Å². The third-order valence-electron chi connectivity index (χ3n) is 20.5. The van der Waals surface area contributed by atoms with Crippen LogP contribution in [0.25, 0.3) is 0 Å². The highest BCUT2D eigenvalue weighted by atomic mass is 16.8. The van der Waals surface area contributed by atoms with Crippen molar-refractivity contribution >= 4 is 0 Å².